The number of aryl methyl sites for hydroxylation is 1. The van der Waals surface area contributed by atoms with Crippen molar-refractivity contribution in [2.24, 2.45) is 0 Å². The molecule has 2 aromatic rings. The van der Waals surface area contributed by atoms with E-state index in [4.69, 9.17) is 10.9 Å². The van der Waals surface area contributed by atoms with Crippen LogP contribution in [0.5, 0.6) is 0 Å². The van der Waals surface area contributed by atoms with Gasteiger partial charge >= 0.3 is 5.63 Å². The van der Waals surface area contributed by atoms with E-state index >= 15 is 0 Å². The minimum Gasteiger partial charge on any atom is -0.422 e. The van der Waals surface area contributed by atoms with Crippen LogP contribution in [0, 0.1) is 6.92 Å². The number of carbonyl (C=O) groups excluding carboxylic acids is 1. The number of aldehydes is 1. The van der Waals surface area contributed by atoms with Crippen molar-refractivity contribution in [1.82, 2.24) is 0 Å². The average Bonchev–Trinajstić information content (AvgIpc) is 2.78. The van der Waals surface area contributed by atoms with Crippen molar-refractivity contribution in [3.63, 3.8) is 0 Å². The fourth-order valence-corrected chi connectivity index (χ4v) is 3.56. The van der Waals surface area contributed by atoms with Gasteiger partial charge in [0.2, 0.25) is 0 Å². The van der Waals surface area contributed by atoms with Gasteiger partial charge in [-0.2, -0.15) is 0 Å². The van der Waals surface area contributed by atoms with E-state index in [1.807, 2.05) is 31.2 Å². The molecule has 1 aromatic carbocycles. The van der Waals surface area contributed by atoms with Gasteiger partial charge in [-0.3, -0.25) is 0 Å². The Labute approximate surface area is 174 Å². The summed E-state index contributed by atoms with van der Waals surface area (Å²) in [7, 11) is 0. The van der Waals surface area contributed by atoms with Crippen LogP contribution >= 0.6 is 0 Å². The molecule has 30 heavy (non-hydrogen) atoms. The smallest absolute Gasteiger partial charge is 0.340 e. The van der Waals surface area contributed by atoms with E-state index in [0.717, 1.165) is 5.56 Å². The van der Waals surface area contributed by atoms with Crippen molar-refractivity contribution in [2.75, 3.05) is 11.9 Å². The van der Waals surface area contributed by atoms with Crippen molar-refractivity contribution in [3.8, 4) is 0 Å². The van der Waals surface area contributed by atoms with Gasteiger partial charge in [-0.1, -0.05) is 24.3 Å². The van der Waals surface area contributed by atoms with Crippen molar-refractivity contribution >= 4 is 22.9 Å². The van der Waals surface area contributed by atoms with E-state index in [1.54, 1.807) is 6.07 Å². The third-order valence-corrected chi connectivity index (χ3v) is 5.27. The van der Waals surface area contributed by atoms with Gasteiger partial charge in [0.25, 0.3) is 0 Å². The van der Waals surface area contributed by atoms with E-state index < -0.39 is 36.6 Å². The molecule has 8 heteroatoms. The first-order valence-corrected chi connectivity index (χ1v) is 9.59. The van der Waals surface area contributed by atoms with Crippen molar-refractivity contribution in [1.29, 1.82) is 0 Å². The number of hydrogen-bond acceptors (Lipinski definition) is 8. The fourth-order valence-electron chi connectivity index (χ4n) is 3.56. The number of benzene rings is 1. The molecule has 1 aliphatic rings. The van der Waals surface area contributed by atoms with Crippen LogP contribution in [0.3, 0.4) is 0 Å². The maximum atomic E-state index is 12.7. The van der Waals surface area contributed by atoms with Gasteiger partial charge in [-0.05, 0) is 31.0 Å². The molecule has 1 aliphatic carbocycles. The largest absolute Gasteiger partial charge is 0.422 e. The van der Waals surface area contributed by atoms with Crippen molar-refractivity contribution in [3.05, 3.63) is 64.1 Å². The predicted molar refractivity (Wildman–Crippen MR) is 111 cm³/mol. The number of anilines is 1. The molecule has 1 aromatic heterocycles. The Kier molecular flexibility index (Phi) is 6.39. The van der Waals surface area contributed by atoms with Crippen molar-refractivity contribution in [2.45, 2.75) is 43.6 Å². The number of nitrogens with one attached hydrogen (secondary N) is 1. The van der Waals surface area contributed by atoms with Crippen LogP contribution in [-0.4, -0.2) is 57.7 Å². The highest BCUT2D eigenvalue weighted by atomic mass is 16.4. The lowest BCUT2D eigenvalue weighted by Gasteiger charge is -2.27. The Bertz CT molecular complexity index is 1060. The zero-order chi connectivity index (χ0) is 22.7. The van der Waals surface area contributed by atoms with Crippen LogP contribution < -0.4 is 10.9 Å². The van der Waals surface area contributed by atoms with Gasteiger partial charge in [0.05, 0.1) is 6.61 Å². The summed E-state index contributed by atoms with van der Waals surface area (Å²) in [5.41, 5.74) is 1.17. The van der Waals surface area contributed by atoms with Crippen LogP contribution in [0.1, 0.15) is 23.5 Å². The summed E-state index contributed by atoms with van der Waals surface area (Å²) in [6.07, 6.45) is 3.29. The lowest BCUT2D eigenvalue weighted by atomic mass is 9.89. The predicted octanol–water partition coefficient (Wildman–Crippen LogP) is 0.756. The van der Waals surface area contributed by atoms with E-state index in [1.165, 1.54) is 12.1 Å². The highest BCUT2D eigenvalue weighted by molar-refractivity contribution is 5.85. The monoisotopic (exact) mass is 416 g/mol. The molecule has 3 rings (SSSR count). The first-order chi connectivity index (χ1) is 14.8. The number of aliphatic hydroxyl groups excluding tert-OH is 4. The first kappa shape index (κ1) is 20.5. The molecule has 5 N–H and O–H groups in total. The Morgan fingerprint density at radius 3 is 2.70 bits per heavy atom. The summed E-state index contributed by atoms with van der Waals surface area (Å²) in [4.78, 5) is 24.2. The summed E-state index contributed by atoms with van der Waals surface area (Å²) >= 11 is 0. The second-order valence-corrected chi connectivity index (χ2v) is 7.25. The van der Waals surface area contributed by atoms with Gasteiger partial charge in [-0.25, -0.2) is 4.79 Å². The van der Waals surface area contributed by atoms with Gasteiger partial charge in [0.1, 0.15) is 36.2 Å². The summed E-state index contributed by atoms with van der Waals surface area (Å²) in [5, 5.41) is 39.9. The Balaban J connectivity index is 1.96. The van der Waals surface area contributed by atoms with E-state index in [9.17, 15) is 24.9 Å². The van der Waals surface area contributed by atoms with Gasteiger partial charge in [0.15, 0.2) is 1.41 Å². The van der Waals surface area contributed by atoms with Crippen LogP contribution in [0.4, 0.5) is 5.69 Å². The zero-order valence-electron chi connectivity index (χ0n) is 17.4. The number of carbonyl (C=O) groups is 1. The molecule has 0 bridgehead atoms. The second kappa shape index (κ2) is 9.36. The molecule has 0 aliphatic heterocycles. The molecular weight excluding hydrogens is 390 g/mol. The molecule has 5 atom stereocenters. The van der Waals surface area contributed by atoms with Crippen LogP contribution in [0.25, 0.3) is 11.0 Å². The number of allylic oxidation sites excluding steroid dienone is 4. The SMILES string of the molecule is [2H]N(c1ccc2c(C)c(C3C=CC=CC3)c(=O)oc2c1)[C@@H](C=O)[C@@H](O)[C@H](O)[C@H](O)CO. The average molecular weight is 416 g/mol. The minimum atomic E-state index is -1.84. The summed E-state index contributed by atoms with van der Waals surface area (Å²) in [6.45, 7) is 1.00. The highest BCUT2D eigenvalue weighted by Crippen LogP contribution is 2.30. The number of rotatable bonds is 8. The third-order valence-electron chi connectivity index (χ3n) is 5.27. The Morgan fingerprint density at radius 2 is 2.07 bits per heavy atom. The Morgan fingerprint density at radius 1 is 1.30 bits per heavy atom. The summed E-state index contributed by atoms with van der Waals surface area (Å²) in [6, 6.07) is 3.04. The van der Waals surface area contributed by atoms with E-state index in [0.29, 0.717) is 22.7 Å². The van der Waals surface area contributed by atoms with E-state index in [-0.39, 0.29) is 23.5 Å². The Hall–Kier alpha value is -2.78. The van der Waals surface area contributed by atoms with Gasteiger partial charge in [0, 0.05) is 28.6 Å². The van der Waals surface area contributed by atoms with Crippen LogP contribution in [0.15, 0.2) is 51.7 Å². The second-order valence-electron chi connectivity index (χ2n) is 7.25. The molecule has 1 heterocycles. The normalized spacial score (nSPS) is 20.4. The first-order valence-electron chi connectivity index (χ1n) is 10.0. The molecule has 0 fully saturated rings. The van der Waals surface area contributed by atoms with Gasteiger partial charge < -0.3 is 34.9 Å². The third kappa shape index (κ3) is 4.36. The molecule has 0 radical (unpaired) electrons. The molecule has 0 saturated carbocycles. The highest BCUT2D eigenvalue weighted by Gasteiger charge is 2.31. The molecule has 8 nitrogen and oxygen atoms in total. The van der Waals surface area contributed by atoms with Crippen molar-refractivity contribution < 1.29 is 31.0 Å². The number of hydrogen-bond donors (Lipinski definition) is 5. The fraction of sp³-hybridized carbons (Fsp3) is 0.364. The van der Waals surface area contributed by atoms with Crippen LogP contribution in [-0.2, 0) is 4.79 Å². The maximum absolute atomic E-state index is 12.7. The number of aliphatic hydroxyl groups is 4. The van der Waals surface area contributed by atoms with Crippen LogP contribution in [0.2, 0.25) is 1.41 Å². The molecule has 0 spiro atoms. The van der Waals surface area contributed by atoms with Gasteiger partial charge in [-0.15, -0.1) is 0 Å². The standard InChI is InChI=1S/C22H25NO7/c1-12-15-8-7-14(23-16(10-24)20(27)21(28)17(26)11-25)9-18(15)30-22(29)19(12)13-5-3-2-4-6-13/h2-5,7-10,13,16-17,20-21,23,25-28H,6,11H2,1H3/t13?,16-,17+,20+,21+/m0/s1/i/hD. The number of fused-ring (bicyclic) bond motifs is 1. The quantitative estimate of drug-likeness (QED) is 0.314. The zero-order valence-corrected chi connectivity index (χ0v) is 16.4. The maximum Gasteiger partial charge on any atom is 0.340 e. The lowest BCUT2D eigenvalue weighted by Crippen LogP contribution is -2.49. The summed E-state index contributed by atoms with van der Waals surface area (Å²) in [5.74, 6) is -0.0907. The molecule has 0 amide bonds. The van der Waals surface area contributed by atoms with E-state index in [2.05, 4.69) is 0 Å². The lowest BCUT2D eigenvalue weighted by molar-refractivity contribution is -0.117. The minimum absolute atomic E-state index is 0.0907. The molecule has 0 saturated heterocycles. The molecular formula is C22H25NO7. The topological polar surface area (TPSA) is 140 Å². The molecule has 1 unspecified atom stereocenters. The molecule has 160 valence electrons. The summed E-state index contributed by atoms with van der Waals surface area (Å²) < 4.78 is 13.7.